The van der Waals surface area contributed by atoms with Crippen LogP contribution in [0.5, 0.6) is 0 Å². The second-order valence-electron chi connectivity index (χ2n) is 3.42. The molecule has 100 valence electrons. The fraction of sp³-hybridized carbons (Fsp3) is 0.455. The van der Waals surface area contributed by atoms with E-state index in [1.165, 1.54) is 12.1 Å². The Morgan fingerprint density at radius 3 is 2.67 bits per heavy atom. The molecule has 1 heterocycles. The average molecular weight is 293 g/mol. The highest BCUT2D eigenvalue weighted by atomic mass is 35.5. The topological polar surface area (TPSA) is 83.8 Å². The first-order chi connectivity index (χ1) is 8.51. The van der Waals surface area contributed by atoms with Gasteiger partial charge in [-0.15, -0.1) is 22.9 Å². The van der Waals surface area contributed by atoms with Gasteiger partial charge in [0.2, 0.25) is 0 Å². The van der Waals surface area contributed by atoms with E-state index in [0.29, 0.717) is 4.88 Å². The molecule has 0 amide bonds. The summed E-state index contributed by atoms with van der Waals surface area (Å²) in [4.78, 5) is 23.3. The van der Waals surface area contributed by atoms with E-state index in [2.05, 4.69) is 4.74 Å². The first-order valence-electron chi connectivity index (χ1n) is 5.24. The van der Waals surface area contributed by atoms with Crippen LogP contribution in [0.15, 0.2) is 12.1 Å². The van der Waals surface area contributed by atoms with Gasteiger partial charge in [-0.3, -0.25) is 4.79 Å². The van der Waals surface area contributed by atoms with E-state index in [9.17, 15) is 19.8 Å². The van der Waals surface area contributed by atoms with Gasteiger partial charge in [0.1, 0.15) is 6.10 Å². The van der Waals surface area contributed by atoms with Crippen molar-refractivity contribution in [2.24, 2.45) is 0 Å². The van der Waals surface area contributed by atoms with Crippen LogP contribution >= 0.6 is 22.9 Å². The van der Waals surface area contributed by atoms with Crippen LogP contribution in [-0.2, 0) is 9.53 Å². The molecule has 0 radical (unpaired) electrons. The first kappa shape index (κ1) is 15.1. The number of aliphatic hydroxyl groups is 2. The second kappa shape index (κ2) is 6.84. The van der Waals surface area contributed by atoms with Gasteiger partial charge < -0.3 is 14.9 Å². The smallest absolute Gasteiger partial charge is 0.380 e. The molecule has 2 N–H and O–H groups in total. The van der Waals surface area contributed by atoms with E-state index < -0.39 is 24.0 Å². The standard InChI is InChI=1S/C11H13ClO5S/c1-2-17-11(16)10(15)8-4-3-7(18-8)9(14)6(13)5-12/h3-4,6,9,13-14H,2,5H2,1H3. The molecule has 0 saturated heterocycles. The van der Waals surface area contributed by atoms with Gasteiger partial charge in [-0.2, -0.15) is 0 Å². The number of aliphatic hydroxyl groups excluding tert-OH is 2. The molecular formula is C11H13ClO5S. The van der Waals surface area contributed by atoms with Crippen LogP contribution in [0.3, 0.4) is 0 Å². The van der Waals surface area contributed by atoms with Crippen molar-refractivity contribution in [1.29, 1.82) is 0 Å². The predicted molar refractivity (Wildman–Crippen MR) is 67.0 cm³/mol. The van der Waals surface area contributed by atoms with Gasteiger partial charge in [-0.05, 0) is 19.1 Å². The van der Waals surface area contributed by atoms with Gasteiger partial charge in [-0.25, -0.2) is 4.79 Å². The average Bonchev–Trinajstić information content (AvgIpc) is 2.85. The molecule has 18 heavy (non-hydrogen) atoms. The SMILES string of the molecule is CCOC(=O)C(=O)c1ccc(C(O)C(O)CCl)s1. The third-order valence-electron chi connectivity index (χ3n) is 2.13. The summed E-state index contributed by atoms with van der Waals surface area (Å²) < 4.78 is 4.58. The van der Waals surface area contributed by atoms with E-state index in [1.807, 2.05) is 0 Å². The number of carbonyl (C=O) groups excluding carboxylic acids is 2. The van der Waals surface area contributed by atoms with Crippen molar-refractivity contribution in [3.05, 3.63) is 21.9 Å². The highest BCUT2D eigenvalue weighted by Gasteiger charge is 2.23. The molecule has 2 unspecified atom stereocenters. The molecule has 0 fully saturated rings. The Labute approximate surface area is 113 Å². The summed E-state index contributed by atoms with van der Waals surface area (Å²) in [6.07, 6.45) is -2.29. The highest BCUT2D eigenvalue weighted by molar-refractivity contribution is 7.14. The normalized spacial score (nSPS) is 14.0. The van der Waals surface area contributed by atoms with E-state index in [4.69, 9.17) is 11.6 Å². The molecule has 1 aromatic heterocycles. The Kier molecular flexibility index (Phi) is 5.74. The van der Waals surface area contributed by atoms with Crippen LogP contribution in [0.1, 0.15) is 27.6 Å². The van der Waals surface area contributed by atoms with E-state index >= 15 is 0 Å². The van der Waals surface area contributed by atoms with E-state index in [-0.39, 0.29) is 17.4 Å². The Hall–Kier alpha value is -0.950. The van der Waals surface area contributed by atoms with E-state index in [0.717, 1.165) is 11.3 Å². The van der Waals surface area contributed by atoms with Crippen molar-refractivity contribution >= 4 is 34.7 Å². The number of ketones is 1. The lowest BCUT2D eigenvalue weighted by Crippen LogP contribution is -2.18. The molecule has 0 bridgehead atoms. The molecule has 0 spiro atoms. The molecule has 0 aliphatic carbocycles. The van der Waals surface area contributed by atoms with Gasteiger partial charge >= 0.3 is 5.97 Å². The molecule has 0 aromatic carbocycles. The maximum absolute atomic E-state index is 11.6. The Morgan fingerprint density at radius 1 is 1.44 bits per heavy atom. The number of ether oxygens (including phenoxy) is 1. The number of Topliss-reactive ketones (excluding diaryl/α,β-unsaturated/α-hetero) is 1. The number of hydrogen-bond acceptors (Lipinski definition) is 6. The minimum absolute atomic E-state index is 0.121. The third-order valence-corrected chi connectivity index (χ3v) is 3.60. The van der Waals surface area contributed by atoms with Gasteiger partial charge in [0.15, 0.2) is 0 Å². The predicted octanol–water partition coefficient (Wildman–Crippen LogP) is 1.13. The van der Waals surface area contributed by atoms with Crippen molar-refractivity contribution in [2.45, 2.75) is 19.1 Å². The van der Waals surface area contributed by atoms with Crippen LogP contribution in [0, 0.1) is 0 Å². The number of alkyl halides is 1. The van der Waals surface area contributed by atoms with Gasteiger partial charge in [0.25, 0.3) is 5.78 Å². The number of thiophene rings is 1. The highest BCUT2D eigenvalue weighted by Crippen LogP contribution is 2.26. The van der Waals surface area contributed by atoms with Crippen molar-refractivity contribution in [3.63, 3.8) is 0 Å². The molecule has 0 aliphatic heterocycles. The number of esters is 1. The molecule has 1 aromatic rings. The fourth-order valence-corrected chi connectivity index (χ4v) is 2.35. The van der Waals surface area contributed by atoms with Crippen LogP contribution in [-0.4, -0.2) is 40.6 Å². The molecule has 2 atom stereocenters. The summed E-state index contributed by atoms with van der Waals surface area (Å²) in [5.74, 6) is -1.82. The van der Waals surface area contributed by atoms with Crippen LogP contribution < -0.4 is 0 Å². The first-order valence-corrected chi connectivity index (χ1v) is 6.59. The molecule has 5 nitrogen and oxygen atoms in total. The Morgan fingerprint density at radius 2 is 2.11 bits per heavy atom. The number of halogens is 1. The molecule has 0 saturated carbocycles. The Balaban J connectivity index is 2.80. The molecular weight excluding hydrogens is 280 g/mol. The van der Waals surface area contributed by atoms with Crippen molar-refractivity contribution in [3.8, 4) is 0 Å². The van der Waals surface area contributed by atoms with Crippen LogP contribution in [0.25, 0.3) is 0 Å². The summed E-state index contributed by atoms with van der Waals surface area (Å²) in [5, 5.41) is 19.0. The minimum Gasteiger partial charge on any atom is -0.460 e. The fourth-order valence-electron chi connectivity index (χ4n) is 1.21. The second-order valence-corrected chi connectivity index (χ2v) is 4.84. The van der Waals surface area contributed by atoms with Gasteiger partial charge in [0, 0.05) is 4.88 Å². The van der Waals surface area contributed by atoms with Gasteiger partial charge in [0.05, 0.1) is 23.5 Å². The summed E-state index contributed by atoms with van der Waals surface area (Å²) >= 11 is 6.34. The van der Waals surface area contributed by atoms with Crippen LogP contribution in [0.4, 0.5) is 0 Å². The summed E-state index contributed by atoms with van der Waals surface area (Å²) in [7, 11) is 0. The minimum atomic E-state index is -1.17. The Bertz CT molecular complexity index is 431. The molecule has 7 heteroatoms. The van der Waals surface area contributed by atoms with E-state index in [1.54, 1.807) is 6.92 Å². The molecule has 0 aliphatic rings. The largest absolute Gasteiger partial charge is 0.460 e. The lowest BCUT2D eigenvalue weighted by molar-refractivity contribution is -0.137. The van der Waals surface area contributed by atoms with Crippen molar-refractivity contribution < 1.29 is 24.5 Å². The zero-order chi connectivity index (χ0) is 13.7. The maximum atomic E-state index is 11.6. The third kappa shape index (κ3) is 3.52. The summed E-state index contributed by atoms with van der Waals surface area (Å²) in [6, 6.07) is 2.88. The van der Waals surface area contributed by atoms with Crippen molar-refractivity contribution in [2.75, 3.05) is 12.5 Å². The lowest BCUT2D eigenvalue weighted by Gasteiger charge is -2.12. The zero-order valence-electron chi connectivity index (χ0n) is 9.63. The van der Waals surface area contributed by atoms with Gasteiger partial charge in [-0.1, -0.05) is 0 Å². The number of carbonyl (C=O) groups is 2. The summed E-state index contributed by atoms with van der Waals surface area (Å²) in [5.41, 5.74) is 0. The molecule has 1 rings (SSSR count). The van der Waals surface area contributed by atoms with Crippen LogP contribution in [0.2, 0.25) is 0 Å². The van der Waals surface area contributed by atoms with Crippen molar-refractivity contribution in [1.82, 2.24) is 0 Å². The zero-order valence-corrected chi connectivity index (χ0v) is 11.2. The number of hydrogen-bond donors (Lipinski definition) is 2. The maximum Gasteiger partial charge on any atom is 0.380 e. The number of rotatable bonds is 6. The summed E-state index contributed by atoms with van der Waals surface area (Å²) in [6.45, 7) is 1.72. The monoisotopic (exact) mass is 292 g/mol. The quantitative estimate of drug-likeness (QED) is 0.355. The lowest BCUT2D eigenvalue weighted by atomic mass is 10.2.